The average Bonchev–Trinajstić information content (AvgIpc) is 3.22. The van der Waals surface area contributed by atoms with Crippen molar-refractivity contribution in [2.24, 2.45) is 0 Å². The second-order valence-electron chi connectivity index (χ2n) is 6.87. The molecule has 0 aliphatic carbocycles. The lowest BCUT2D eigenvalue weighted by atomic mass is 10.1. The van der Waals surface area contributed by atoms with Gasteiger partial charge in [-0.25, -0.2) is 4.79 Å². The molecule has 10 heteroatoms. The Morgan fingerprint density at radius 3 is 2.70 bits per heavy atom. The number of rotatable bonds is 13. The summed E-state index contributed by atoms with van der Waals surface area (Å²) in [4.78, 5) is 34.7. The van der Waals surface area contributed by atoms with Crippen LogP contribution in [0.1, 0.15) is 48.9 Å². The van der Waals surface area contributed by atoms with Crippen LogP contribution < -0.4 is 10.6 Å². The fourth-order valence-corrected chi connectivity index (χ4v) is 5.88. The first-order valence-corrected chi connectivity index (χ1v) is 12.3. The van der Waals surface area contributed by atoms with Crippen molar-refractivity contribution in [3.8, 4) is 5.75 Å². The molecule has 1 aliphatic rings. The average molecular weight is 457 g/mol. The van der Waals surface area contributed by atoms with Crippen LogP contribution in [0.15, 0.2) is 18.2 Å². The van der Waals surface area contributed by atoms with Gasteiger partial charge in [0.2, 0.25) is 11.8 Å². The summed E-state index contributed by atoms with van der Waals surface area (Å²) in [7, 11) is 3.90. The molecule has 166 valence electrons. The minimum atomic E-state index is -1.28. The Kier molecular flexibility index (Phi) is 10.9. The minimum Gasteiger partial charge on any atom is -0.507 e. The van der Waals surface area contributed by atoms with Crippen LogP contribution in [0.4, 0.5) is 5.69 Å². The number of hydrogen-bond donors (Lipinski definition) is 4. The molecule has 2 rings (SSSR count). The van der Waals surface area contributed by atoms with Gasteiger partial charge in [0.05, 0.1) is 19.6 Å². The number of hydrogen-bond acceptors (Lipinski definition) is 7. The number of ether oxygens (including phenoxy) is 1. The molecule has 4 N–H and O–H groups in total. The van der Waals surface area contributed by atoms with Crippen LogP contribution in [0, 0.1) is 0 Å². The van der Waals surface area contributed by atoms with E-state index in [9.17, 15) is 19.5 Å². The summed E-state index contributed by atoms with van der Waals surface area (Å²) in [5, 5.41) is 24.5. The zero-order chi connectivity index (χ0) is 21.8. The number of carboxylic acids is 1. The molecule has 8 nitrogen and oxygen atoms in total. The number of unbranched alkanes of at least 4 members (excludes halogenated alkanes) is 1. The van der Waals surface area contributed by atoms with Crippen LogP contribution in [0.3, 0.4) is 0 Å². The molecule has 0 bridgehead atoms. The Labute approximate surface area is 183 Å². The van der Waals surface area contributed by atoms with Crippen molar-refractivity contribution in [2.75, 3.05) is 30.8 Å². The lowest BCUT2D eigenvalue weighted by molar-refractivity contribution is -0.122. The van der Waals surface area contributed by atoms with Crippen molar-refractivity contribution in [3.63, 3.8) is 0 Å². The van der Waals surface area contributed by atoms with Gasteiger partial charge in [0.1, 0.15) is 11.3 Å². The zero-order valence-corrected chi connectivity index (χ0v) is 18.4. The molecule has 0 saturated carbocycles. The number of aromatic hydroxyl groups is 1. The van der Waals surface area contributed by atoms with E-state index < -0.39 is 5.97 Å². The standard InChI is InChI=1S/C20H28N2O6S2/c23-17-6-5-14(13-16(17)20(26)27)22-19(25)7-10-28-11-9-21-18(24)4-2-1-3-15-8-12-29-30-15/h5-6,13,15,23H,1-4,7-12H2,(H,21,24)(H,22,25)(H,26,27). The van der Waals surface area contributed by atoms with E-state index in [0.717, 1.165) is 18.1 Å². The van der Waals surface area contributed by atoms with Crippen molar-refractivity contribution in [1.82, 2.24) is 5.32 Å². The van der Waals surface area contributed by atoms with Crippen LogP contribution in [-0.4, -0.2) is 58.8 Å². The van der Waals surface area contributed by atoms with Gasteiger partial charge in [-0.2, -0.15) is 0 Å². The van der Waals surface area contributed by atoms with Gasteiger partial charge in [0, 0.05) is 29.7 Å². The number of carboxylic acid groups (broad SMARTS) is 1. The van der Waals surface area contributed by atoms with Gasteiger partial charge in [0.15, 0.2) is 0 Å². The molecule has 0 aromatic heterocycles. The fourth-order valence-electron chi connectivity index (χ4n) is 2.85. The molecular weight excluding hydrogens is 428 g/mol. The van der Waals surface area contributed by atoms with E-state index in [1.165, 1.54) is 36.8 Å². The summed E-state index contributed by atoms with van der Waals surface area (Å²) in [6.45, 7) is 0.898. The predicted octanol–water partition coefficient (Wildman–Crippen LogP) is 3.27. The number of phenols is 1. The van der Waals surface area contributed by atoms with Crippen molar-refractivity contribution in [1.29, 1.82) is 0 Å². The molecule has 30 heavy (non-hydrogen) atoms. The molecule has 2 amide bonds. The van der Waals surface area contributed by atoms with E-state index in [0.29, 0.717) is 19.6 Å². The van der Waals surface area contributed by atoms with Gasteiger partial charge in [-0.3, -0.25) is 9.59 Å². The van der Waals surface area contributed by atoms with Crippen LogP contribution >= 0.6 is 21.6 Å². The highest BCUT2D eigenvalue weighted by Crippen LogP contribution is 2.39. The van der Waals surface area contributed by atoms with Crippen LogP contribution in [0.5, 0.6) is 5.75 Å². The van der Waals surface area contributed by atoms with Gasteiger partial charge in [-0.15, -0.1) is 0 Å². The lowest BCUT2D eigenvalue weighted by Gasteiger charge is -2.09. The monoisotopic (exact) mass is 456 g/mol. The van der Waals surface area contributed by atoms with E-state index >= 15 is 0 Å². The van der Waals surface area contributed by atoms with Gasteiger partial charge >= 0.3 is 5.97 Å². The van der Waals surface area contributed by atoms with Gasteiger partial charge in [-0.05, 0) is 37.5 Å². The SMILES string of the molecule is O=C(CCCCC1CCSS1)NCCOCCC(=O)Nc1ccc(O)c(C(=O)O)c1. The third-order valence-electron chi connectivity index (χ3n) is 4.46. The molecule has 1 atom stereocenters. The highest BCUT2D eigenvalue weighted by Gasteiger charge is 2.16. The van der Waals surface area contributed by atoms with E-state index in [-0.39, 0.29) is 41.8 Å². The number of anilines is 1. The van der Waals surface area contributed by atoms with Crippen molar-refractivity contribution in [2.45, 2.75) is 43.8 Å². The van der Waals surface area contributed by atoms with E-state index in [2.05, 4.69) is 10.6 Å². The van der Waals surface area contributed by atoms with E-state index in [1.807, 2.05) is 21.6 Å². The predicted molar refractivity (Wildman–Crippen MR) is 119 cm³/mol. The number of carbonyl (C=O) groups excluding carboxylic acids is 2. The Morgan fingerprint density at radius 1 is 1.13 bits per heavy atom. The summed E-state index contributed by atoms with van der Waals surface area (Å²) in [5.74, 6) is -0.718. The first-order chi connectivity index (χ1) is 14.5. The quantitative estimate of drug-likeness (QED) is 0.202. The Bertz CT molecular complexity index is 725. The second kappa shape index (κ2) is 13.4. The zero-order valence-electron chi connectivity index (χ0n) is 16.7. The van der Waals surface area contributed by atoms with Crippen LogP contribution in [-0.2, 0) is 14.3 Å². The first-order valence-electron chi connectivity index (χ1n) is 9.94. The largest absolute Gasteiger partial charge is 0.507 e. The number of benzene rings is 1. The van der Waals surface area contributed by atoms with Gasteiger partial charge in [0.25, 0.3) is 0 Å². The molecule has 1 fully saturated rings. The van der Waals surface area contributed by atoms with E-state index in [4.69, 9.17) is 9.84 Å². The van der Waals surface area contributed by atoms with E-state index in [1.54, 1.807) is 0 Å². The maximum Gasteiger partial charge on any atom is 0.339 e. The Balaban J connectivity index is 1.48. The van der Waals surface area contributed by atoms with Crippen molar-refractivity contribution >= 4 is 45.1 Å². The Hall–Kier alpha value is -1.91. The third kappa shape index (κ3) is 9.27. The maximum atomic E-state index is 11.9. The molecule has 1 aromatic carbocycles. The normalized spacial score (nSPS) is 15.7. The minimum absolute atomic E-state index is 0.0198. The maximum absolute atomic E-state index is 11.9. The van der Waals surface area contributed by atoms with Gasteiger partial charge < -0.3 is 25.6 Å². The summed E-state index contributed by atoms with van der Waals surface area (Å²) >= 11 is 0. The molecule has 1 heterocycles. The summed E-state index contributed by atoms with van der Waals surface area (Å²) < 4.78 is 5.35. The Morgan fingerprint density at radius 2 is 1.97 bits per heavy atom. The highest BCUT2D eigenvalue weighted by atomic mass is 33.1. The molecule has 1 aromatic rings. The molecular formula is C20H28N2O6S2. The summed E-state index contributed by atoms with van der Waals surface area (Å²) in [6, 6.07) is 3.82. The topological polar surface area (TPSA) is 125 Å². The highest BCUT2D eigenvalue weighted by molar-refractivity contribution is 8.77. The summed E-state index contributed by atoms with van der Waals surface area (Å²) in [5.41, 5.74) is 0.00367. The second-order valence-corrected chi connectivity index (χ2v) is 9.66. The lowest BCUT2D eigenvalue weighted by Crippen LogP contribution is -2.27. The first kappa shape index (κ1) is 24.4. The molecule has 0 radical (unpaired) electrons. The summed E-state index contributed by atoms with van der Waals surface area (Å²) in [6.07, 6.45) is 5.04. The molecule has 1 saturated heterocycles. The van der Waals surface area contributed by atoms with Crippen LogP contribution in [0.25, 0.3) is 0 Å². The van der Waals surface area contributed by atoms with Crippen molar-refractivity contribution in [3.05, 3.63) is 23.8 Å². The smallest absolute Gasteiger partial charge is 0.339 e. The third-order valence-corrected chi connectivity index (χ3v) is 7.47. The van der Waals surface area contributed by atoms with Gasteiger partial charge in [-0.1, -0.05) is 28.0 Å². The number of carbonyl (C=O) groups is 3. The number of amides is 2. The fraction of sp³-hybridized carbons (Fsp3) is 0.550. The van der Waals surface area contributed by atoms with Crippen molar-refractivity contribution < 1.29 is 29.3 Å². The number of nitrogens with one attached hydrogen (secondary N) is 2. The van der Waals surface area contributed by atoms with Crippen LogP contribution in [0.2, 0.25) is 0 Å². The molecule has 1 unspecified atom stereocenters. The molecule has 0 spiro atoms. The molecule has 1 aliphatic heterocycles. The number of aromatic carboxylic acids is 1.